The second-order valence-electron chi connectivity index (χ2n) is 4.39. The fraction of sp³-hybridized carbons (Fsp3) is 0.214. The summed E-state index contributed by atoms with van der Waals surface area (Å²) < 4.78 is 13.3. The highest BCUT2D eigenvalue weighted by atomic mass is 31.1. The van der Waals surface area contributed by atoms with Crippen molar-refractivity contribution in [2.24, 2.45) is 4.99 Å². The first-order chi connectivity index (χ1) is 8.68. The van der Waals surface area contributed by atoms with Gasteiger partial charge in [-0.15, -0.1) is 0 Å². The predicted molar refractivity (Wildman–Crippen MR) is 73.1 cm³/mol. The number of aliphatic hydroxyl groups is 1. The molecule has 0 saturated heterocycles. The van der Waals surface area contributed by atoms with E-state index in [2.05, 4.69) is 17.7 Å². The van der Waals surface area contributed by atoms with E-state index in [1.54, 1.807) is 12.3 Å². The van der Waals surface area contributed by atoms with Crippen molar-refractivity contribution in [1.82, 2.24) is 0 Å². The minimum atomic E-state index is -0.816. The van der Waals surface area contributed by atoms with Crippen molar-refractivity contribution >= 4 is 18.9 Å². The molecule has 0 radical (unpaired) electrons. The summed E-state index contributed by atoms with van der Waals surface area (Å²) in [6.45, 7) is 2.13. The van der Waals surface area contributed by atoms with Crippen molar-refractivity contribution in [2.75, 3.05) is 6.66 Å². The Morgan fingerprint density at radius 3 is 3.11 bits per heavy atom. The van der Waals surface area contributed by atoms with Gasteiger partial charge < -0.3 is 5.11 Å². The molecule has 1 aromatic carbocycles. The van der Waals surface area contributed by atoms with Crippen LogP contribution in [-0.4, -0.2) is 17.5 Å². The highest BCUT2D eigenvalue weighted by Gasteiger charge is 2.32. The molecule has 2 unspecified atom stereocenters. The van der Waals surface area contributed by atoms with E-state index in [-0.39, 0.29) is 5.82 Å². The van der Waals surface area contributed by atoms with Crippen LogP contribution in [0.3, 0.4) is 0 Å². The standard InChI is InChI=1S/C14H13FNOP/c1-18-11-6-5-9(15)8-10(11)14(17)13-12(18)4-2-3-7-16-13/h3-8,14,17H,2H2,1H3. The third-order valence-corrected chi connectivity index (χ3v) is 5.56. The van der Waals surface area contributed by atoms with Crippen molar-refractivity contribution in [3.63, 3.8) is 0 Å². The van der Waals surface area contributed by atoms with Crippen molar-refractivity contribution in [2.45, 2.75) is 12.5 Å². The molecule has 1 N–H and O–H groups in total. The second-order valence-corrected chi connectivity index (χ2v) is 6.47. The van der Waals surface area contributed by atoms with E-state index in [0.717, 1.165) is 17.0 Å². The summed E-state index contributed by atoms with van der Waals surface area (Å²) in [6.07, 6.45) is 5.81. The number of aliphatic hydroxyl groups excluding tert-OH is 1. The Hall–Kier alpha value is -1.31. The molecule has 1 aromatic rings. The number of hydrogen-bond donors (Lipinski definition) is 1. The first-order valence-electron chi connectivity index (χ1n) is 5.83. The summed E-state index contributed by atoms with van der Waals surface area (Å²) in [5.74, 6) is -0.312. The summed E-state index contributed by atoms with van der Waals surface area (Å²) in [4.78, 5) is 4.32. The van der Waals surface area contributed by atoms with Gasteiger partial charge in [-0.25, -0.2) is 4.39 Å². The van der Waals surface area contributed by atoms with Gasteiger partial charge in [0, 0.05) is 11.5 Å². The zero-order valence-electron chi connectivity index (χ0n) is 9.97. The smallest absolute Gasteiger partial charge is 0.123 e. The quantitative estimate of drug-likeness (QED) is 0.716. The maximum absolute atomic E-state index is 13.3. The predicted octanol–water partition coefficient (Wildman–Crippen LogP) is 2.85. The monoisotopic (exact) mass is 261 g/mol. The number of benzene rings is 1. The van der Waals surface area contributed by atoms with Crippen LogP contribution in [0.5, 0.6) is 0 Å². The molecule has 0 aromatic heterocycles. The Bertz CT molecular complexity index is 591. The normalized spacial score (nSPS) is 25.7. The van der Waals surface area contributed by atoms with Crippen LogP contribution in [0.1, 0.15) is 18.1 Å². The lowest BCUT2D eigenvalue weighted by atomic mass is 10.0. The van der Waals surface area contributed by atoms with Gasteiger partial charge >= 0.3 is 0 Å². The second kappa shape index (κ2) is 4.42. The topological polar surface area (TPSA) is 32.6 Å². The molecule has 0 amide bonds. The Kier molecular flexibility index (Phi) is 2.89. The molecule has 0 aliphatic carbocycles. The average molecular weight is 261 g/mol. The minimum absolute atomic E-state index is 0.312. The third kappa shape index (κ3) is 1.75. The molecule has 0 spiro atoms. The van der Waals surface area contributed by atoms with Crippen LogP contribution < -0.4 is 5.30 Å². The number of aliphatic imine (C=N–C) groups is 1. The lowest BCUT2D eigenvalue weighted by Gasteiger charge is -2.30. The Labute approximate surface area is 106 Å². The molecule has 3 rings (SSSR count). The zero-order chi connectivity index (χ0) is 12.7. The van der Waals surface area contributed by atoms with Crippen LogP contribution in [0.15, 0.2) is 46.9 Å². The SMILES string of the molecule is CP1C2=CCC=CN=C2C(O)c2cc(F)ccc21. The van der Waals surface area contributed by atoms with E-state index >= 15 is 0 Å². The Morgan fingerprint density at radius 1 is 1.44 bits per heavy atom. The number of hydrogen-bond acceptors (Lipinski definition) is 2. The van der Waals surface area contributed by atoms with Crippen LogP contribution in [-0.2, 0) is 0 Å². The van der Waals surface area contributed by atoms with E-state index in [9.17, 15) is 9.50 Å². The van der Waals surface area contributed by atoms with E-state index < -0.39 is 14.0 Å². The van der Waals surface area contributed by atoms with Gasteiger partial charge in [0.1, 0.15) is 11.9 Å². The van der Waals surface area contributed by atoms with Crippen LogP contribution in [0.2, 0.25) is 0 Å². The summed E-state index contributed by atoms with van der Waals surface area (Å²) in [7, 11) is -0.557. The van der Waals surface area contributed by atoms with Gasteiger partial charge in [-0.3, -0.25) is 4.99 Å². The van der Waals surface area contributed by atoms with Crippen LogP contribution in [0.4, 0.5) is 4.39 Å². The van der Waals surface area contributed by atoms with Crippen LogP contribution in [0, 0.1) is 5.82 Å². The van der Waals surface area contributed by atoms with Gasteiger partial charge in [0.05, 0.1) is 5.71 Å². The largest absolute Gasteiger partial charge is 0.382 e. The molecule has 2 aliphatic heterocycles. The molecule has 2 heterocycles. The first-order valence-corrected chi connectivity index (χ1v) is 7.62. The Morgan fingerprint density at radius 2 is 2.28 bits per heavy atom. The van der Waals surface area contributed by atoms with Gasteiger partial charge in [-0.1, -0.05) is 18.2 Å². The van der Waals surface area contributed by atoms with Gasteiger partial charge in [-0.05, 0) is 44.0 Å². The molecule has 2 nitrogen and oxygen atoms in total. The molecule has 0 fully saturated rings. The van der Waals surface area contributed by atoms with Gasteiger partial charge in [-0.2, -0.15) is 0 Å². The van der Waals surface area contributed by atoms with Crippen LogP contribution >= 0.6 is 7.92 Å². The van der Waals surface area contributed by atoms with Crippen molar-refractivity contribution < 1.29 is 9.50 Å². The van der Waals surface area contributed by atoms with Crippen molar-refractivity contribution in [3.05, 3.63) is 53.2 Å². The lowest BCUT2D eigenvalue weighted by molar-refractivity contribution is 0.248. The minimum Gasteiger partial charge on any atom is -0.382 e. The number of halogens is 1. The lowest BCUT2D eigenvalue weighted by Crippen LogP contribution is -2.27. The molecular formula is C14H13FNOP. The molecule has 18 heavy (non-hydrogen) atoms. The fourth-order valence-corrected chi connectivity index (χ4v) is 4.43. The molecule has 0 saturated carbocycles. The van der Waals surface area contributed by atoms with Crippen LogP contribution in [0.25, 0.3) is 0 Å². The molecule has 2 atom stereocenters. The average Bonchev–Trinajstić information content (AvgIpc) is 2.61. The van der Waals surface area contributed by atoms with Gasteiger partial charge in [0.25, 0.3) is 0 Å². The summed E-state index contributed by atoms with van der Waals surface area (Å²) in [5.41, 5.74) is 1.34. The molecule has 2 aliphatic rings. The van der Waals surface area contributed by atoms with Crippen molar-refractivity contribution in [1.29, 1.82) is 0 Å². The Balaban J connectivity index is 2.22. The van der Waals surface area contributed by atoms with Gasteiger partial charge in [0.2, 0.25) is 0 Å². The molecule has 0 bridgehead atoms. The maximum atomic E-state index is 13.3. The zero-order valence-corrected chi connectivity index (χ0v) is 10.9. The maximum Gasteiger partial charge on any atom is 0.123 e. The number of allylic oxidation sites excluding steroid dienone is 2. The highest BCUT2D eigenvalue weighted by Crippen LogP contribution is 2.49. The third-order valence-electron chi connectivity index (χ3n) is 3.29. The molecule has 4 heteroatoms. The number of rotatable bonds is 0. The number of nitrogens with zero attached hydrogens (tertiary/aromatic N) is 1. The van der Waals surface area contributed by atoms with E-state index in [1.165, 1.54) is 12.1 Å². The van der Waals surface area contributed by atoms with E-state index in [4.69, 9.17) is 0 Å². The molecular weight excluding hydrogens is 248 g/mol. The number of fused-ring (bicyclic) bond motifs is 2. The highest BCUT2D eigenvalue weighted by molar-refractivity contribution is 7.70. The van der Waals surface area contributed by atoms with E-state index in [0.29, 0.717) is 11.3 Å². The summed E-state index contributed by atoms with van der Waals surface area (Å²) in [5, 5.41) is 12.5. The summed E-state index contributed by atoms with van der Waals surface area (Å²) >= 11 is 0. The van der Waals surface area contributed by atoms with E-state index in [1.807, 2.05) is 6.08 Å². The van der Waals surface area contributed by atoms with Crippen molar-refractivity contribution in [3.8, 4) is 0 Å². The first kappa shape index (κ1) is 11.8. The molecule has 92 valence electrons. The summed E-state index contributed by atoms with van der Waals surface area (Å²) in [6, 6.07) is 4.67. The fourth-order valence-electron chi connectivity index (χ4n) is 2.39. The van der Waals surface area contributed by atoms with Gasteiger partial charge in [0.15, 0.2) is 0 Å².